The monoisotopic (exact) mass is 268 g/mol. The highest BCUT2D eigenvalue weighted by Crippen LogP contribution is 2.14. The molecule has 0 spiro atoms. The van der Waals surface area contributed by atoms with Crippen LogP contribution in [0.25, 0.3) is 0 Å². The zero-order valence-electron chi connectivity index (χ0n) is 11.3. The average molecular weight is 268 g/mol. The number of amides is 1. The summed E-state index contributed by atoms with van der Waals surface area (Å²) >= 11 is 0. The second-order valence-electron chi connectivity index (χ2n) is 5.34. The van der Waals surface area contributed by atoms with Gasteiger partial charge in [-0.3, -0.25) is 4.79 Å². The standard InChI is InChI=1S/C12H23F3N2O/c1-11(2,3)17-9-7-5-4-6-8-16-10(18)12(13,14)15/h17H,4-9H2,1-3H3,(H,16,18). The van der Waals surface area contributed by atoms with Crippen LogP contribution >= 0.6 is 0 Å². The van der Waals surface area contributed by atoms with Crippen molar-refractivity contribution in [2.75, 3.05) is 13.1 Å². The van der Waals surface area contributed by atoms with Gasteiger partial charge in [-0.2, -0.15) is 13.2 Å². The van der Waals surface area contributed by atoms with E-state index in [1.165, 1.54) is 0 Å². The zero-order valence-corrected chi connectivity index (χ0v) is 11.3. The Hall–Kier alpha value is -0.780. The smallest absolute Gasteiger partial charge is 0.348 e. The topological polar surface area (TPSA) is 41.1 Å². The molecule has 0 aliphatic heterocycles. The summed E-state index contributed by atoms with van der Waals surface area (Å²) in [6.07, 6.45) is -1.42. The van der Waals surface area contributed by atoms with Crippen LogP contribution in [0.3, 0.4) is 0 Å². The number of unbranched alkanes of at least 4 members (excludes halogenated alkanes) is 3. The van der Waals surface area contributed by atoms with E-state index < -0.39 is 12.1 Å². The van der Waals surface area contributed by atoms with E-state index in [1.807, 2.05) is 5.32 Å². The van der Waals surface area contributed by atoms with E-state index in [4.69, 9.17) is 0 Å². The van der Waals surface area contributed by atoms with Gasteiger partial charge >= 0.3 is 12.1 Å². The Balaban J connectivity index is 3.35. The van der Waals surface area contributed by atoms with Crippen molar-refractivity contribution in [1.29, 1.82) is 0 Å². The van der Waals surface area contributed by atoms with Crippen LogP contribution < -0.4 is 10.6 Å². The first-order chi connectivity index (χ1) is 8.13. The highest BCUT2D eigenvalue weighted by molar-refractivity contribution is 5.81. The van der Waals surface area contributed by atoms with Crippen molar-refractivity contribution >= 4 is 5.91 Å². The van der Waals surface area contributed by atoms with Crippen LogP contribution in [-0.4, -0.2) is 30.7 Å². The lowest BCUT2D eigenvalue weighted by molar-refractivity contribution is -0.173. The highest BCUT2D eigenvalue weighted by atomic mass is 19.4. The summed E-state index contributed by atoms with van der Waals surface area (Å²) in [5, 5.41) is 5.19. The average Bonchev–Trinajstić information content (AvgIpc) is 2.18. The summed E-state index contributed by atoms with van der Waals surface area (Å²) in [5.41, 5.74) is 0.0979. The summed E-state index contributed by atoms with van der Waals surface area (Å²) in [5.74, 6) is -1.85. The van der Waals surface area contributed by atoms with Gasteiger partial charge in [-0.15, -0.1) is 0 Å². The molecule has 6 heteroatoms. The maximum Gasteiger partial charge on any atom is 0.471 e. The van der Waals surface area contributed by atoms with Gasteiger partial charge in [-0.05, 0) is 40.2 Å². The van der Waals surface area contributed by atoms with Crippen LogP contribution in [0, 0.1) is 0 Å². The Morgan fingerprint density at radius 3 is 1.89 bits per heavy atom. The molecule has 0 atom stereocenters. The summed E-state index contributed by atoms with van der Waals surface area (Å²) in [6, 6.07) is 0. The van der Waals surface area contributed by atoms with Crippen LogP contribution in [0.2, 0.25) is 0 Å². The Labute approximate surface area is 107 Å². The van der Waals surface area contributed by atoms with Crippen LogP contribution in [0.4, 0.5) is 13.2 Å². The second-order valence-corrected chi connectivity index (χ2v) is 5.34. The largest absolute Gasteiger partial charge is 0.471 e. The zero-order chi connectivity index (χ0) is 14.2. The third-order valence-corrected chi connectivity index (χ3v) is 2.30. The minimum absolute atomic E-state index is 0.0883. The maximum atomic E-state index is 11.8. The van der Waals surface area contributed by atoms with Crippen LogP contribution in [0.1, 0.15) is 46.5 Å². The van der Waals surface area contributed by atoms with E-state index in [-0.39, 0.29) is 12.1 Å². The second kappa shape index (κ2) is 7.61. The van der Waals surface area contributed by atoms with Gasteiger partial charge in [-0.25, -0.2) is 0 Å². The van der Waals surface area contributed by atoms with E-state index in [0.29, 0.717) is 6.42 Å². The fraction of sp³-hybridized carbons (Fsp3) is 0.917. The van der Waals surface area contributed by atoms with Crippen LogP contribution in [0.5, 0.6) is 0 Å². The molecule has 3 nitrogen and oxygen atoms in total. The van der Waals surface area contributed by atoms with Gasteiger partial charge in [0.1, 0.15) is 0 Å². The number of nitrogens with one attached hydrogen (secondary N) is 2. The minimum Gasteiger partial charge on any atom is -0.348 e. The lowest BCUT2D eigenvalue weighted by atomic mass is 10.1. The highest BCUT2D eigenvalue weighted by Gasteiger charge is 2.38. The normalized spacial score (nSPS) is 12.6. The van der Waals surface area contributed by atoms with E-state index in [1.54, 1.807) is 0 Å². The molecule has 0 aromatic carbocycles. The predicted molar refractivity (Wildman–Crippen MR) is 65.3 cm³/mol. The molecule has 0 rings (SSSR count). The molecular formula is C12H23F3N2O. The van der Waals surface area contributed by atoms with Gasteiger partial charge in [0.15, 0.2) is 0 Å². The molecule has 1 amide bonds. The molecule has 0 fully saturated rings. The maximum absolute atomic E-state index is 11.8. The molecule has 0 aliphatic carbocycles. The van der Waals surface area contributed by atoms with E-state index >= 15 is 0 Å². The Bertz CT molecular complexity index is 247. The molecule has 0 saturated carbocycles. The van der Waals surface area contributed by atoms with E-state index in [9.17, 15) is 18.0 Å². The molecule has 0 radical (unpaired) electrons. The molecule has 0 heterocycles. The van der Waals surface area contributed by atoms with Crippen molar-refractivity contribution in [3.05, 3.63) is 0 Å². The minimum atomic E-state index is -4.77. The first-order valence-corrected chi connectivity index (χ1v) is 6.23. The first kappa shape index (κ1) is 17.2. The Morgan fingerprint density at radius 1 is 0.944 bits per heavy atom. The summed E-state index contributed by atoms with van der Waals surface area (Å²) in [4.78, 5) is 10.5. The number of carbonyl (C=O) groups is 1. The van der Waals surface area contributed by atoms with Crippen molar-refractivity contribution in [1.82, 2.24) is 10.6 Å². The molecule has 0 bridgehead atoms. The molecule has 18 heavy (non-hydrogen) atoms. The molecule has 0 aromatic heterocycles. The third-order valence-electron chi connectivity index (χ3n) is 2.30. The Kier molecular flexibility index (Phi) is 7.28. The lowest BCUT2D eigenvalue weighted by Gasteiger charge is -2.20. The molecule has 108 valence electrons. The third kappa shape index (κ3) is 10.4. The van der Waals surface area contributed by atoms with Crippen LogP contribution in [0.15, 0.2) is 0 Å². The first-order valence-electron chi connectivity index (χ1n) is 6.23. The predicted octanol–water partition coefficient (Wildman–Crippen LogP) is 2.61. The molecule has 0 unspecified atom stereocenters. The SMILES string of the molecule is CC(C)(C)NCCCCCCNC(=O)C(F)(F)F. The van der Waals surface area contributed by atoms with Crippen molar-refractivity contribution < 1.29 is 18.0 Å². The van der Waals surface area contributed by atoms with E-state index in [2.05, 4.69) is 26.1 Å². The Morgan fingerprint density at radius 2 is 1.44 bits per heavy atom. The van der Waals surface area contributed by atoms with Gasteiger partial charge in [0.2, 0.25) is 0 Å². The van der Waals surface area contributed by atoms with Gasteiger partial charge in [-0.1, -0.05) is 12.8 Å². The summed E-state index contributed by atoms with van der Waals surface area (Å²) in [7, 11) is 0. The van der Waals surface area contributed by atoms with Gasteiger partial charge in [0.25, 0.3) is 0 Å². The van der Waals surface area contributed by atoms with Gasteiger partial charge < -0.3 is 10.6 Å². The number of hydrogen-bond donors (Lipinski definition) is 2. The van der Waals surface area contributed by atoms with E-state index in [0.717, 1.165) is 25.8 Å². The van der Waals surface area contributed by atoms with Gasteiger partial charge in [0, 0.05) is 12.1 Å². The number of rotatable bonds is 7. The number of carbonyl (C=O) groups excluding carboxylic acids is 1. The van der Waals surface area contributed by atoms with Gasteiger partial charge in [0.05, 0.1) is 0 Å². The number of halogens is 3. The summed E-state index contributed by atoms with van der Waals surface area (Å²) in [6.45, 7) is 7.24. The van der Waals surface area contributed by atoms with Crippen molar-refractivity contribution in [3.63, 3.8) is 0 Å². The summed E-state index contributed by atoms with van der Waals surface area (Å²) < 4.78 is 35.4. The van der Waals surface area contributed by atoms with Crippen LogP contribution in [-0.2, 0) is 4.79 Å². The number of alkyl halides is 3. The molecule has 0 aliphatic rings. The molecule has 0 aromatic rings. The molecule has 0 saturated heterocycles. The lowest BCUT2D eigenvalue weighted by Crippen LogP contribution is -2.37. The fourth-order valence-corrected chi connectivity index (χ4v) is 1.37. The van der Waals surface area contributed by atoms with Crippen molar-refractivity contribution in [2.45, 2.75) is 58.2 Å². The quantitative estimate of drug-likeness (QED) is 0.697. The molecule has 2 N–H and O–H groups in total. The number of hydrogen-bond acceptors (Lipinski definition) is 2. The van der Waals surface area contributed by atoms with Crippen molar-refractivity contribution in [2.24, 2.45) is 0 Å². The fourth-order valence-electron chi connectivity index (χ4n) is 1.37. The van der Waals surface area contributed by atoms with Crippen molar-refractivity contribution in [3.8, 4) is 0 Å². The molecular weight excluding hydrogens is 245 g/mol.